The molecule has 3 aromatic rings. The molecule has 0 fully saturated rings. The number of thiol groups is 1. The lowest BCUT2D eigenvalue weighted by Crippen LogP contribution is -2.53. The largest absolute Gasteiger partial charge is 0.444 e. The van der Waals surface area contributed by atoms with Crippen LogP contribution in [0, 0.1) is 0 Å². The fraction of sp³-hybridized carbons (Fsp3) is 0.367. The Morgan fingerprint density at radius 1 is 0.947 bits per heavy atom. The molecule has 3 aromatic carbocycles. The molecule has 3 rings (SSSR count). The Morgan fingerprint density at radius 2 is 1.61 bits per heavy atom. The summed E-state index contributed by atoms with van der Waals surface area (Å²) in [4.78, 5) is 41.4. The summed E-state index contributed by atoms with van der Waals surface area (Å²) in [6.07, 6.45) is 0.136. The van der Waals surface area contributed by atoms with Crippen LogP contribution >= 0.6 is 12.6 Å². The Balaban J connectivity index is 1.93. The monoisotopic (exact) mass is 535 g/mol. The van der Waals surface area contributed by atoms with Crippen LogP contribution in [-0.2, 0) is 20.7 Å². The number of hydrogen-bond donors (Lipinski definition) is 3. The van der Waals surface area contributed by atoms with E-state index in [4.69, 9.17) is 4.74 Å². The minimum atomic E-state index is -0.973. The van der Waals surface area contributed by atoms with Crippen molar-refractivity contribution in [2.24, 2.45) is 0 Å². The van der Waals surface area contributed by atoms with Crippen LogP contribution in [0.4, 0.5) is 10.5 Å². The van der Waals surface area contributed by atoms with Gasteiger partial charge in [0.05, 0.1) is 0 Å². The highest BCUT2D eigenvalue weighted by molar-refractivity contribution is 7.80. The number of aryl methyl sites for hydroxylation is 1. The van der Waals surface area contributed by atoms with Crippen molar-refractivity contribution in [2.45, 2.75) is 58.7 Å². The molecule has 0 saturated heterocycles. The van der Waals surface area contributed by atoms with Crippen molar-refractivity contribution in [1.29, 1.82) is 0 Å². The molecule has 0 bridgehead atoms. The molecule has 2 atom stereocenters. The molecule has 0 spiro atoms. The van der Waals surface area contributed by atoms with Gasteiger partial charge in [0.25, 0.3) is 5.91 Å². The van der Waals surface area contributed by atoms with Crippen molar-refractivity contribution in [3.63, 3.8) is 0 Å². The van der Waals surface area contributed by atoms with Gasteiger partial charge < -0.3 is 20.3 Å². The van der Waals surface area contributed by atoms with Gasteiger partial charge in [-0.1, -0.05) is 61.5 Å². The number of nitrogens with one attached hydrogen (secondary N) is 2. The minimum Gasteiger partial charge on any atom is -0.444 e. The third kappa shape index (κ3) is 7.51. The molecule has 0 aliphatic heterocycles. The number of fused-ring (bicyclic) bond motifs is 1. The average Bonchev–Trinajstić information content (AvgIpc) is 2.89. The van der Waals surface area contributed by atoms with Gasteiger partial charge in [-0.05, 0) is 68.1 Å². The molecule has 38 heavy (non-hydrogen) atoms. The van der Waals surface area contributed by atoms with E-state index < -0.39 is 29.7 Å². The number of anilines is 1. The van der Waals surface area contributed by atoms with E-state index in [2.05, 4.69) is 30.2 Å². The molecule has 3 amide bonds. The Labute approximate surface area is 230 Å². The van der Waals surface area contributed by atoms with Gasteiger partial charge in [-0.25, -0.2) is 4.79 Å². The highest BCUT2D eigenvalue weighted by atomic mass is 32.1. The summed E-state index contributed by atoms with van der Waals surface area (Å²) in [5.41, 5.74) is 1.70. The van der Waals surface area contributed by atoms with Crippen molar-refractivity contribution in [3.8, 4) is 0 Å². The summed E-state index contributed by atoms with van der Waals surface area (Å²) in [7, 11) is 0. The molecule has 8 heteroatoms. The predicted octanol–water partition coefficient (Wildman–Crippen LogP) is 5.75. The van der Waals surface area contributed by atoms with Gasteiger partial charge in [-0.2, -0.15) is 12.6 Å². The summed E-state index contributed by atoms with van der Waals surface area (Å²) < 4.78 is 5.33. The van der Waals surface area contributed by atoms with Gasteiger partial charge in [0.1, 0.15) is 17.7 Å². The topological polar surface area (TPSA) is 87.7 Å². The number of likely N-dealkylation sites (N-methyl/N-ethyl adjacent to an activating group) is 1. The standard InChI is InChI=1S/C30H37N3O4S/c1-6-20-12-14-22(15-13-20)26(27(34)31-24-17-16-21-10-8-9-11-23(21)18-24)33(7-2)28(35)25(19-38)32-29(36)37-30(3,4)5/h8-18,25-26,38H,6-7,19H2,1-5H3,(H,31,34)(H,32,36). The van der Waals surface area contributed by atoms with Crippen molar-refractivity contribution in [2.75, 3.05) is 17.6 Å². The van der Waals surface area contributed by atoms with E-state index >= 15 is 0 Å². The number of alkyl carbamates (subject to hydrolysis) is 1. The zero-order valence-corrected chi connectivity index (χ0v) is 23.5. The average molecular weight is 536 g/mol. The van der Waals surface area contributed by atoms with Crippen LogP contribution in [0.3, 0.4) is 0 Å². The minimum absolute atomic E-state index is 0.0440. The molecule has 0 radical (unpaired) electrons. The second-order valence-electron chi connectivity index (χ2n) is 10.1. The van der Waals surface area contributed by atoms with E-state index in [0.717, 1.165) is 22.8 Å². The lowest BCUT2D eigenvalue weighted by molar-refractivity contribution is -0.140. The third-order valence-electron chi connectivity index (χ3n) is 6.08. The second kappa shape index (κ2) is 12.8. The van der Waals surface area contributed by atoms with Crippen LogP contribution in [0.1, 0.15) is 51.8 Å². The van der Waals surface area contributed by atoms with Crippen LogP contribution in [-0.4, -0.2) is 46.7 Å². The molecular weight excluding hydrogens is 498 g/mol. The van der Waals surface area contributed by atoms with E-state index in [1.807, 2.05) is 66.7 Å². The first-order valence-electron chi connectivity index (χ1n) is 12.9. The van der Waals surface area contributed by atoms with E-state index in [9.17, 15) is 14.4 Å². The van der Waals surface area contributed by atoms with Gasteiger partial charge in [0, 0.05) is 18.0 Å². The van der Waals surface area contributed by atoms with E-state index in [0.29, 0.717) is 11.3 Å². The molecule has 0 aromatic heterocycles. The van der Waals surface area contributed by atoms with Crippen molar-refractivity contribution < 1.29 is 19.1 Å². The summed E-state index contributed by atoms with van der Waals surface area (Å²) >= 11 is 4.30. The molecule has 202 valence electrons. The van der Waals surface area contributed by atoms with E-state index in [1.54, 1.807) is 27.7 Å². The van der Waals surface area contributed by atoms with Gasteiger partial charge in [-0.15, -0.1) is 0 Å². The maximum atomic E-state index is 13.8. The van der Waals surface area contributed by atoms with Crippen LogP contribution in [0.2, 0.25) is 0 Å². The summed E-state index contributed by atoms with van der Waals surface area (Å²) in [6.45, 7) is 9.34. The Bertz CT molecular complexity index is 1270. The molecule has 7 nitrogen and oxygen atoms in total. The number of nitrogens with zero attached hydrogens (tertiary/aromatic N) is 1. The number of ether oxygens (including phenoxy) is 1. The zero-order chi connectivity index (χ0) is 27.9. The Morgan fingerprint density at radius 3 is 2.18 bits per heavy atom. The third-order valence-corrected chi connectivity index (χ3v) is 6.44. The van der Waals surface area contributed by atoms with Crippen LogP contribution in [0.15, 0.2) is 66.7 Å². The van der Waals surface area contributed by atoms with E-state index in [-0.39, 0.29) is 18.2 Å². The Hall–Kier alpha value is -3.52. The Kier molecular flexibility index (Phi) is 9.80. The maximum Gasteiger partial charge on any atom is 0.408 e. The second-order valence-corrected chi connectivity index (χ2v) is 10.4. The number of benzene rings is 3. The SMILES string of the molecule is CCc1ccc(C(C(=O)Nc2ccc3ccccc3c2)N(CC)C(=O)C(CS)NC(=O)OC(C)(C)C)cc1. The summed E-state index contributed by atoms with van der Waals surface area (Å²) in [6, 6.07) is 19.3. The van der Waals surface area contributed by atoms with Crippen molar-refractivity contribution in [3.05, 3.63) is 77.9 Å². The number of hydrogen-bond acceptors (Lipinski definition) is 5. The zero-order valence-electron chi connectivity index (χ0n) is 22.7. The van der Waals surface area contributed by atoms with Crippen molar-refractivity contribution in [1.82, 2.24) is 10.2 Å². The fourth-order valence-electron chi connectivity index (χ4n) is 4.19. The molecule has 2 unspecified atom stereocenters. The first kappa shape index (κ1) is 29.0. The molecular formula is C30H37N3O4S. The van der Waals surface area contributed by atoms with Gasteiger partial charge in [-0.3, -0.25) is 9.59 Å². The quantitative estimate of drug-likeness (QED) is 0.304. The van der Waals surface area contributed by atoms with Gasteiger partial charge >= 0.3 is 6.09 Å². The molecule has 0 heterocycles. The highest BCUT2D eigenvalue weighted by Gasteiger charge is 2.35. The van der Waals surface area contributed by atoms with E-state index in [1.165, 1.54) is 4.90 Å². The predicted molar refractivity (Wildman–Crippen MR) is 156 cm³/mol. The van der Waals surface area contributed by atoms with Crippen molar-refractivity contribution >= 4 is 47.0 Å². The number of rotatable bonds is 9. The van der Waals surface area contributed by atoms with Crippen LogP contribution in [0.25, 0.3) is 10.8 Å². The lowest BCUT2D eigenvalue weighted by Gasteiger charge is -2.33. The number of carbonyl (C=O) groups excluding carboxylic acids is 3. The highest BCUT2D eigenvalue weighted by Crippen LogP contribution is 2.26. The van der Waals surface area contributed by atoms with Crippen LogP contribution in [0.5, 0.6) is 0 Å². The molecule has 0 aliphatic carbocycles. The van der Waals surface area contributed by atoms with Gasteiger partial charge in [0.15, 0.2) is 0 Å². The first-order valence-corrected chi connectivity index (χ1v) is 13.5. The fourth-order valence-corrected chi connectivity index (χ4v) is 4.43. The number of amides is 3. The molecule has 2 N–H and O–H groups in total. The lowest BCUT2D eigenvalue weighted by atomic mass is 10.0. The number of carbonyl (C=O) groups is 3. The van der Waals surface area contributed by atoms with Gasteiger partial charge in [0.2, 0.25) is 5.91 Å². The van der Waals surface area contributed by atoms with Crippen LogP contribution < -0.4 is 10.6 Å². The molecule has 0 aliphatic rings. The normalized spacial score (nSPS) is 12.9. The maximum absolute atomic E-state index is 13.8. The summed E-state index contributed by atoms with van der Waals surface area (Å²) in [5, 5.41) is 7.66. The smallest absolute Gasteiger partial charge is 0.408 e. The molecule has 0 saturated carbocycles. The first-order chi connectivity index (χ1) is 18.1. The summed E-state index contributed by atoms with van der Waals surface area (Å²) in [5.74, 6) is -0.732.